The predicted octanol–water partition coefficient (Wildman–Crippen LogP) is 2.37. The van der Waals surface area contributed by atoms with E-state index < -0.39 is 11.9 Å². The largest absolute Gasteiger partial charge is 0.461 e. The van der Waals surface area contributed by atoms with Gasteiger partial charge in [-0.1, -0.05) is 0 Å². The molecule has 1 heterocycles. The van der Waals surface area contributed by atoms with Gasteiger partial charge in [-0.3, -0.25) is 0 Å². The topological polar surface area (TPSA) is 39.2 Å². The fourth-order valence-electron chi connectivity index (χ4n) is 1.02. The van der Waals surface area contributed by atoms with Gasteiger partial charge in [0.1, 0.15) is 5.69 Å². The van der Waals surface area contributed by atoms with Gasteiger partial charge in [0, 0.05) is 18.7 Å². The van der Waals surface area contributed by atoms with Crippen molar-refractivity contribution in [2.45, 2.75) is 19.8 Å². The molecular formula is C10H11F2NO2. The van der Waals surface area contributed by atoms with Gasteiger partial charge in [-0.25, -0.2) is 18.6 Å². The molecule has 82 valence electrons. The highest BCUT2D eigenvalue weighted by Crippen LogP contribution is 2.26. The molecule has 0 bridgehead atoms. The number of pyridine rings is 1. The van der Waals surface area contributed by atoms with Gasteiger partial charge >= 0.3 is 5.97 Å². The second-order valence-electron chi connectivity index (χ2n) is 3.04. The number of nitrogens with zero attached hydrogens (tertiary/aromatic N) is 1. The van der Waals surface area contributed by atoms with Crippen LogP contribution >= 0.6 is 0 Å². The highest BCUT2D eigenvalue weighted by atomic mass is 19.3. The third kappa shape index (κ3) is 2.97. The van der Waals surface area contributed by atoms with Crippen molar-refractivity contribution < 1.29 is 18.3 Å². The average molecular weight is 215 g/mol. The van der Waals surface area contributed by atoms with Crippen molar-refractivity contribution in [2.24, 2.45) is 0 Å². The Morgan fingerprint density at radius 3 is 2.80 bits per heavy atom. The minimum Gasteiger partial charge on any atom is -0.461 e. The number of aromatic nitrogens is 1. The molecule has 1 aromatic heterocycles. The molecule has 0 aromatic carbocycles. The van der Waals surface area contributed by atoms with Crippen LogP contribution in [0.1, 0.15) is 29.9 Å². The van der Waals surface area contributed by atoms with Crippen molar-refractivity contribution in [1.82, 2.24) is 4.98 Å². The van der Waals surface area contributed by atoms with Crippen molar-refractivity contribution >= 4 is 5.97 Å². The Bertz CT molecular complexity index is 361. The van der Waals surface area contributed by atoms with Crippen LogP contribution in [0.3, 0.4) is 0 Å². The number of alkyl halides is 2. The average Bonchev–Trinajstić information content (AvgIpc) is 2.17. The number of carbonyl (C=O) groups excluding carboxylic acids is 1. The SMILES string of the molecule is CCOC(=O)c1cc(C(C)(F)F)ccn1. The molecule has 0 aliphatic heterocycles. The number of hydrogen-bond donors (Lipinski definition) is 0. The van der Waals surface area contributed by atoms with E-state index in [-0.39, 0.29) is 17.9 Å². The van der Waals surface area contributed by atoms with Gasteiger partial charge in [0.2, 0.25) is 0 Å². The number of rotatable bonds is 3. The third-order valence-electron chi connectivity index (χ3n) is 1.75. The van der Waals surface area contributed by atoms with Crippen LogP contribution in [0, 0.1) is 0 Å². The van der Waals surface area contributed by atoms with E-state index in [0.717, 1.165) is 13.0 Å². The van der Waals surface area contributed by atoms with Crippen LogP contribution in [0.4, 0.5) is 8.78 Å². The molecule has 0 unspecified atom stereocenters. The molecule has 0 saturated heterocycles. The molecule has 5 heteroatoms. The first kappa shape index (κ1) is 11.6. The summed E-state index contributed by atoms with van der Waals surface area (Å²) in [5.74, 6) is -3.67. The van der Waals surface area contributed by atoms with Gasteiger partial charge in [0.25, 0.3) is 5.92 Å². The monoisotopic (exact) mass is 215 g/mol. The van der Waals surface area contributed by atoms with Crippen LogP contribution in [0.15, 0.2) is 18.3 Å². The molecule has 1 aromatic rings. The maximum atomic E-state index is 12.9. The minimum atomic E-state index is -2.98. The highest BCUT2D eigenvalue weighted by Gasteiger charge is 2.25. The van der Waals surface area contributed by atoms with E-state index in [4.69, 9.17) is 0 Å². The fourth-order valence-corrected chi connectivity index (χ4v) is 1.02. The van der Waals surface area contributed by atoms with E-state index in [1.807, 2.05) is 0 Å². The number of hydrogen-bond acceptors (Lipinski definition) is 3. The smallest absolute Gasteiger partial charge is 0.356 e. The Balaban J connectivity index is 2.98. The van der Waals surface area contributed by atoms with E-state index in [2.05, 4.69) is 9.72 Å². The molecule has 0 N–H and O–H groups in total. The lowest BCUT2D eigenvalue weighted by Crippen LogP contribution is -2.12. The molecule has 1 rings (SSSR count). The van der Waals surface area contributed by atoms with Crippen molar-refractivity contribution in [1.29, 1.82) is 0 Å². The first-order valence-corrected chi connectivity index (χ1v) is 4.46. The second kappa shape index (κ2) is 4.33. The molecule has 0 fully saturated rings. The summed E-state index contributed by atoms with van der Waals surface area (Å²) < 4.78 is 30.5. The predicted molar refractivity (Wildman–Crippen MR) is 49.8 cm³/mol. The molecule has 3 nitrogen and oxygen atoms in total. The number of halogens is 2. The summed E-state index contributed by atoms with van der Waals surface area (Å²) in [6, 6.07) is 2.21. The van der Waals surface area contributed by atoms with Gasteiger partial charge in [0.05, 0.1) is 6.61 Å². The summed E-state index contributed by atoms with van der Waals surface area (Å²) in [5, 5.41) is 0. The van der Waals surface area contributed by atoms with Crippen LogP contribution in [-0.2, 0) is 10.7 Å². The van der Waals surface area contributed by atoms with Crippen LogP contribution in [0.2, 0.25) is 0 Å². The van der Waals surface area contributed by atoms with Crippen molar-refractivity contribution in [3.05, 3.63) is 29.6 Å². The number of ether oxygens (including phenoxy) is 1. The number of esters is 1. The zero-order valence-electron chi connectivity index (χ0n) is 8.46. The summed E-state index contributed by atoms with van der Waals surface area (Å²) >= 11 is 0. The zero-order chi connectivity index (χ0) is 11.5. The van der Waals surface area contributed by atoms with Crippen molar-refractivity contribution in [2.75, 3.05) is 6.61 Å². The molecule has 0 radical (unpaired) electrons. The lowest BCUT2D eigenvalue weighted by Gasteiger charge is -2.10. The number of carbonyl (C=O) groups is 1. The fraction of sp³-hybridized carbons (Fsp3) is 0.400. The Kier molecular flexibility index (Phi) is 3.34. The van der Waals surface area contributed by atoms with E-state index in [0.29, 0.717) is 0 Å². The summed E-state index contributed by atoms with van der Waals surface area (Å²) in [6.45, 7) is 2.58. The molecule has 0 saturated carbocycles. The van der Waals surface area contributed by atoms with Crippen LogP contribution < -0.4 is 0 Å². The van der Waals surface area contributed by atoms with Gasteiger partial charge < -0.3 is 4.74 Å². The molecule has 0 spiro atoms. The zero-order valence-corrected chi connectivity index (χ0v) is 8.46. The Morgan fingerprint density at radius 1 is 1.60 bits per heavy atom. The van der Waals surface area contributed by atoms with Gasteiger partial charge in [0.15, 0.2) is 0 Å². The lowest BCUT2D eigenvalue weighted by atomic mass is 10.1. The highest BCUT2D eigenvalue weighted by molar-refractivity contribution is 5.87. The Labute approximate surface area is 86.1 Å². The Hall–Kier alpha value is -1.52. The van der Waals surface area contributed by atoms with E-state index in [9.17, 15) is 13.6 Å². The molecule has 0 aliphatic carbocycles. The summed E-state index contributed by atoms with van der Waals surface area (Å²) in [6.07, 6.45) is 1.17. The first-order valence-electron chi connectivity index (χ1n) is 4.46. The minimum absolute atomic E-state index is 0.101. The molecule has 0 atom stereocenters. The summed E-state index contributed by atoms with van der Waals surface area (Å²) in [5.41, 5.74) is -0.351. The molecule has 0 amide bonds. The van der Waals surface area contributed by atoms with Gasteiger partial charge in [-0.05, 0) is 19.1 Å². The lowest BCUT2D eigenvalue weighted by molar-refractivity contribution is 0.0172. The first-order chi connectivity index (χ1) is 6.95. The quantitative estimate of drug-likeness (QED) is 0.726. The maximum absolute atomic E-state index is 12.9. The molecule has 15 heavy (non-hydrogen) atoms. The van der Waals surface area contributed by atoms with Crippen molar-refractivity contribution in [3.8, 4) is 0 Å². The van der Waals surface area contributed by atoms with Gasteiger partial charge in [-0.15, -0.1) is 0 Å². The van der Waals surface area contributed by atoms with Crippen LogP contribution in [0.5, 0.6) is 0 Å². The third-order valence-corrected chi connectivity index (χ3v) is 1.75. The Morgan fingerprint density at radius 2 is 2.27 bits per heavy atom. The standard InChI is InChI=1S/C10H11F2NO2/c1-3-15-9(14)8-6-7(4-5-13-8)10(2,11)12/h4-6H,3H2,1-2H3. The van der Waals surface area contributed by atoms with E-state index in [1.165, 1.54) is 12.3 Å². The van der Waals surface area contributed by atoms with E-state index in [1.54, 1.807) is 6.92 Å². The van der Waals surface area contributed by atoms with Gasteiger partial charge in [-0.2, -0.15) is 0 Å². The molecular weight excluding hydrogens is 204 g/mol. The maximum Gasteiger partial charge on any atom is 0.356 e. The van der Waals surface area contributed by atoms with Crippen LogP contribution in [-0.4, -0.2) is 17.6 Å². The van der Waals surface area contributed by atoms with E-state index >= 15 is 0 Å². The normalized spacial score (nSPS) is 11.2. The summed E-state index contributed by atoms with van der Waals surface area (Å²) in [7, 11) is 0. The van der Waals surface area contributed by atoms with Crippen molar-refractivity contribution in [3.63, 3.8) is 0 Å². The second-order valence-corrected chi connectivity index (χ2v) is 3.04. The molecule has 0 aliphatic rings. The van der Waals surface area contributed by atoms with Crippen LogP contribution in [0.25, 0.3) is 0 Å². The summed E-state index contributed by atoms with van der Waals surface area (Å²) in [4.78, 5) is 14.9.